The van der Waals surface area contributed by atoms with Crippen LogP contribution in [0.25, 0.3) is 0 Å². The Morgan fingerprint density at radius 2 is 2.24 bits per heavy atom. The fourth-order valence-corrected chi connectivity index (χ4v) is 2.77. The van der Waals surface area contributed by atoms with Crippen LogP contribution in [0.4, 0.5) is 5.69 Å². The molecule has 6 heteroatoms. The quantitative estimate of drug-likeness (QED) is 0.379. The van der Waals surface area contributed by atoms with Gasteiger partial charge in [0.15, 0.2) is 5.84 Å². The Balaban J connectivity index is 2.36. The summed E-state index contributed by atoms with van der Waals surface area (Å²) < 4.78 is 5.31. The van der Waals surface area contributed by atoms with Gasteiger partial charge in [-0.1, -0.05) is 5.16 Å². The third kappa shape index (κ3) is 3.39. The molecule has 0 bridgehead atoms. The molecule has 1 atom stereocenters. The number of rotatable bonds is 4. The van der Waals surface area contributed by atoms with E-state index in [-0.39, 0.29) is 5.84 Å². The van der Waals surface area contributed by atoms with Crippen LogP contribution in [0, 0.1) is 0 Å². The maximum absolute atomic E-state index is 8.98. The predicted octanol–water partition coefficient (Wildman–Crippen LogP) is 1.32. The van der Waals surface area contributed by atoms with Crippen LogP contribution in [0.15, 0.2) is 23.4 Å². The summed E-state index contributed by atoms with van der Waals surface area (Å²) in [5, 5.41) is 12.1. The smallest absolute Gasteiger partial charge is 0.172 e. The Hall–Kier alpha value is -1.95. The van der Waals surface area contributed by atoms with Crippen LogP contribution in [-0.4, -0.2) is 56.3 Å². The van der Waals surface area contributed by atoms with E-state index in [9.17, 15) is 0 Å². The number of anilines is 1. The molecule has 21 heavy (non-hydrogen) atoms. The molecule has 1 heterocycles. The van der Waals surface area contributed by atoms with Gasteiger partial charge in [-0.05, 0) is 39.1 Å². The molecule has 3 N–H and O–H groups in total. The number of likely N-dealkylation sites (N-methyl/N-ethyl adjacent to an activating group) is 1. The van der Waals surface area contributed by atoms with Crippen LogP contribution in [0.5, 0.6) is 5.75 Å². The molecule has 0 radical (unpaired) electrons. The Bertz CT molecular complexity index is 516. The number of ether oxygens (including phenoxy) is 1. The van der Waals surface area contributed by atoms with Crippen LogP contribution in [0.1, 0.15) is 18.4 Å². The molecule has 0 spiro atoms. The van der Waals surface area contributed by atoms with E-state index in [2.05, 4.69) is 29.1 Å². The summed E-state index contributed by atoms with van der Waals surface area (Å²) in [6, 6.07) is 6.11. The van der Waals surface area contributed by atoms with Crippen molar-refractivity contribution in [3.05, 3.63) is 23.8 Å². The number of piperidine rings is 1. The molecule has 0 aromatic heterocycles. The Kier molecular flexibility index (Phi) is 4.90. The van der Waals surface area contributed by atoms with Crippen LogP contribution >= 0.6 is 0 Å². The zero-order chi connectivity index (χ0) is 15.4. The summed E-state index contributed by atoms with van der Waals surface area (Å²) >= 11 is 0. The lowest BCUT2D eigenvalue weighted by atomic mass is 10.0. The largest absolute Gasteiger partial charge is 0.497 e. The zero-order valence-electron chi connectivity index (χ0n) is 12.9. The number of amidine groups is 1. The van der Waals surface area contributed by atoms with E-state index >= 15 is 0 Å². The molecular weight excluding hydrogens is 268 g/mol. The molecule has 1 aromatic carbocycles. The minimum atomic E-state index is 0.125. The first kappa shape index (κ1) is 15.4. The van der Waals surface area contributed by atoms with Crippen molar-refractivity contribution >= 4 is 11.5 Å². The van der Waals surface area contributed by atoms with Crippen LogP contribution in [0.3, 0.4) is 0 Å². The lowest BCUT2D eigenvalue weighted by Gasteiger charge is -2.38. The molecule has 6 nitrogen and oxygen atoms in total. The fourth-order valence-electron chi connectivity index (χ4n) is 2.77. The van der Waals surface area contributed by atoms with E-state index in [4.69, 9.17) is 15.7 Å². The first-order chi connectivity index (χ1) is 10.1. The van der Waals surface area contributed by atoms with Crippen molar-refractivity contribution in [1.29, 1.82) is 0 Å². The van der Waals surface area contributed by atoms with Gasteiger partial charge in [0.2, 0.25) is 0 Å². The van der Waals surface area contributed by atoms with Gasteiger partial charge in [-0.15, -0.1) is 0 Å². The molecule has 2 rings (SSSR count). The van der Waals surface area contributed by atoms with Crippen molar-refractivity contribution < 1.29 is 9.94 Å². The number of oxime groups is 1. The van der Waals surface area contributed by atoms with Gasteiger partial charge in [0.05, 0.1) is 12.8 Å². The number of hydrogen-bond acceptors (Lipinski definition) is 5. The van der Waals surface area contributed by atoms with E-state index in [0.29, 0.717) is 6.04 Å². The molecule has 1 aromatic rings. The van der Waals surface area contributed by atoms with E-state index in [1.807, 2.05) is 18.2 Å². The highest BCUT2D eigenvalue weighted by Gasteiger charge is 2.24. The van der Waals surface area contributed by atoms with Crippen molar-refractivity contribution in [3.8, 4) is 5.75 Å². The van der Waals surface area contributed by atoms with Crippen molar-refractivity contribution in [2.24, 2.45) is 10.9 Å². The van der Waals surface area contributed by atoms with Crippen molar-refractivity contribution in [1.82, 2.24) is 4.90 Å². The highest BCUT2D eigenvalue weighted by atomic mass is 16.5. The van der Waals surface area contributed by atoms with Gasteiger partial charge >= 0.3 is 0 Å². The zero-order valence-corrected chi connectivity index (χ0v) is 12.9. The highest BCUT2D eigenvalue weighted by Crippen LogP contribution is 2.29. The monoisotopic (exact) mass is 292 g/mol. The number of hydrogen-bond donors (Lipinski definition) is 2. The summed E-state index contributed by atoms with van der Waals surface area (Å²) in [6.07, 6.45) is 2.31. The van der Waals surface area contributed by atoms with Gasteiger partial charge in [0, 0.05) is 30.8 Å². The minimum absolute atomic E-state index is 0.125. The summed E-state index contributed by atoms with van der Waals surface area (Å²) in [4.78, 5) is 4.53. The second kappa shape index (κ2) is 6.67. The van der Waals surface area contributed by atoms with Gasteiger partial charge in [0.25, 0.3) is 0 Å². The molecule has 0 saturated carbocycles. The summed E-state index contributed by atoms with van der Waals surface area (Å²) in [5.74, 6) is 0.895. The maximum Gasteiger partial charge on any atom is 0.172 e. The first-order valence-corrected chi connectivity index (χ1v) is 7.14. The molecule has 116 valence electrons. The second-order valence-electron chi connectivity index (χ2n) is 5.57. The molecule has 0 aliphatic carbocycles. The topological polar surface area (TPSA) is 74.3 Å². The van der Waals surface area contributed by atoms with Crippen LogP contribution < -0.4 is 15.4 Å². The Morgan fingerprint density at radius 1 is 1.48 bits per heavy atom. The van der Waals surface area contributed by atoms with Gasteiger partial charge in [-0.2, -0.15) is 0 Å². The first-order valence-electron chi connectivity index (χ1n) is 7.14. The van der Waals surface area contributed by atoms with E-state index in [0.717, 1.165) is 36.5 Å². The lowest BCUT2D eigenvalue weighted by molar-refractivity contribution is 0.258. The van der Waals surface area contributed by atoms with Gasteiger partial charge in [0.1, 0.15) is 5.75 Å². The third-order valence-corrected chi connectivity index (χ3v) is 4.06. The average molecular weight is 292 g/mol. The van der Waals surface area contributed by atoms with Crippen molar-refractivity contribution in [3.63, 3.8) is 0 Å². The Labute approximate surface area is 125 Å². The van der Waals surface area contributed by atoms with Gasteiger partial charge in [-0.3, -0.25) is 0 Å². The van der Waals surface area contributed by atoms with Crippen molar-refractivity contribution in [2.45, 2.75) is 18.9 Å². The second-order valence-corrected chi connectivity index (χ2v) is 5.57. The predicted molar refractivity (Wildman–Crippen MR) is 84.4 cm³/mol. The summed E-state index contributed by atoms with van der Waals surface area (Å²) in [7, 11) is 5.84. The van der Waals surface area contributed by atoms with Crippen LogP contribution in [0.2, 0.25) is 0 Å². The van der Waals surface area contributed by atoms with Crippen LogP contribution in [-0.2, 0) is 0 Å². The molecule has 1 aliphatic rings. The average Bonchev–Trinajstić information content (AvgIpc) is 2.53. The van der Waals surface area contributed by atoms with E-state index < -0.39 is 0 Å². The molecule has 1 fully saturated rings. The number of nitrogens with two attached hydrogens (primary N) is 1. The fraction of sp³-hybridized carbons (Fsp3) is 0.533. The number of benzene rings is 1. The Morgan fingerprint density at radius 3 is 2.86 bits per heavy atom. The summed E-state index contributed by atoms with van der Waals surface area (Å²) in [5.41, 5.74) is 7.50. The standard InChI is InChI=1S/C15H24N4O2/c1-18(2)11-5-4-8-19(10-11)14-9-12(21-3)6-7-13(14)15(16)17-20/h6-7,9,11,20H,4-5,8,10H2,1-3H3,(H2,16,17). The number of nitrogens with zero attached hydrogens (tertiary/aromatic N) is 3. The highest BCUT2D eigenvalue weighted by molar-refractivity contribution is 6.02. The van der Waals surface area contributed by atoms with E-state index in [1.165, 1.54) is 6.42 Å². The summed E-state index contributed by atoms with van der Waals surface area (Å²) in [6.45, 7) is 1.88. The number of methoxy groups -OCH3 is 1. The molecule has 1 aliphatic heterocycles. The molecule has 1 saturated heterocycles. The van der Waals surface area contributed by atoms with Gasteiger partial charge in [-0.25, -0.2) is 0 Å². The normalized spacial score (nSPS) is 19.9. The lowest BCUT2D eigenvalue weighted by Crippen LogP contribution is -2.45. The third-order valence-electron chi connectivity index (χ3n) is 4.06. The van der Waals surface area contributed by atoms with E-state index in [1.54, 1.807) is 7.11 Å². The molecular formula is C15H24N4O2. The van der Waals surface area contributed by atoms with Gasteiger partial charge < -0.3 is 25.5 Å². The maximum atomic E-state index is 8.98. The van der Waals surface area contributed by atoms with Crippen molar-refractivity contribution in [2.75, 3.05) is 39.2 Å². The molecule has 1 unspecified atom stereocenters. The SMILES string of the molecule is COc1ccc(/C(N)=N/O)c(N2CCCC(N(C)C)C2)c1. The molecule has 0 amide bonds. The minimum Gasteiger partial charge on any atom is -0.497 e.